The van der Waals surface area contributed by atoms with Crippen molar-refractivity contribution in [3.63, 3.8) is 0 Å². The second-order valence-corrected chi connectivity index (χ2v) is 8.89. The molecule has 26 heavy (non-hydrogen) atoms. The molecule has 0 bridgehead atoms. The monoisotopic (exact) mass is 378 g/mol. The Balaban J connectivity index is 1.79. The number of sulfone groups is 1. The summed E-state index contributed by atoms with van der Waals surface area (Å²) in [5.41, 5.74) is 2.03. The first kappa shape index (κ1) is 17.4. The van der Waals surface area contributed by atoms with Crippen LogP contribution in [-0.2, 0) is 9.84 Å². The van der Waals surface area contributed by atoms with Crippen LogP contribution in [0.3, 0.4) is 0 Å². The third kappa shape index (κ3) is 2.79. The van der Waals surface area contributed by atoms with E-state index in [4.69, 9.17) is 0 Å². The van der Waals surface area contributed by atoms with E-state index in [1.807, 2.05) is 7.05 Å². The highest BCUT2D eigenvalue weighted by Crippen LogP contribution is 2.45. The van der Waals surface area contributed by atoms with E-state index in [2.05, 4.69) is 10.2 Å². The summed E-state index contributed by atoms with van der Waals surface area (Å²) >= 11 is 0. The topological polar surface area (TPSA) is 49.4 Å². The predicted molar refractivity (Wildman–Crippen MR) is 95.3 cm³/mol. The van der Waals surface area contributed by atoms with Crippen molar-refractivity contribution in [1.82, 2.24) is 5.32 Å². The van der Waals surface area contributed by atoms with Gasteiger partial charge in [-0.1, -0.05) is 0 Å². The Morgan fingerprint density at radius 1 is 1.00 bits per heavy atom. The Bertz CT molecular complexity index is 942. The van der Waals surface area contributed by atoms with Crippen molar-refractivity contribution in [3.8, 4) is 0 Å². The quantitative estimate of drug-likeness (QED) is 0.873. The second-order valence-electron chi connectivity index (χ2n) is 6.94. The summed E-state index contributed by atoms with van der Waals surface area (Å²) in [5.74, 6) is -1.55. The lowest BCUT2D eigenvalue weighted by Gasteiger charge is -2.24. The number of rotatable bonds is 2. The number of benzene rings is 2. The van der Waals surface area contributed by atoms with E-state index in [9.17, 15) is 17.2 Å². The van der Waals surface area contributed by atoms with Crippen LogP contribution in [0.1, 0.15) is 24.3 Å². The molecule has 2 heterocycles. The van der Waals surface area contributed by atoms with Crippen molar-refractivity contribution >= 4 is 15.5 Å². The lowest BCUT2D eigenvalue weighted by molar-refractivity contribution is 0.531. The molecule has 138 valence electrons. The van der Waals surface area contributed by atoms with Gasteiger partial charge >= 0.3 is 0 Å². The normalized spacial score (nSPS) is 22.7. The van der Waals surface area contributed by atoms with Gasteiger partial charge in [-0.25, -0.2) is 17.2 Å². The number of hydrogen-bond acceptors (Lipinski definition) is 4. The van der Waals surface area contributed by atoms with Crippen LogP contribution in [0, 0.1) is 11.6 Å². The lowest BCUT2D eigenvalue weighted by atomic mass is 9.91. The van der Waals surface area contributed by atoms with Crippen LogP contribution in [0.15, 0.2) is 46.2 Å². The Hall–Kier alpha value is -1.99. The highest BCUT2D eigenvalue weighted by molar-refractivity contribution is 7.91. The third-order valence-electron chi connectivity index (χ3n) is 5.45. The molecule has 0 aliphatic carbocycles. The Morgan fingerprint density at radius 2 is 1.69 bits per heavy atom. The minimum absolute atomic E-state index is 0.0764. The van der Waals surface area contributed by atoms with Crippen molar-refractivity contribution in [2.24, 2.45) is 0 Å². The van der Waals surface area contributed by atoms with E-state index in [-0.39, 0.29) is 15.7 Å². The molecule has 4 rings (SSSR count). The molecular weight excluding hydrogens is 358 g/mol. The van der Waals surface area contributed by atoms with Crippen molar-refractivity contribution in [3.05, 3.63) is 53.6 Å². The van der Waals surface area contributed by atoms with E-state index in [1.165, 1.54) is 6.07 Å². The number of likely N-dealkylation sites (N-methyl/N-ethyl adjacent to an activating group) is 1. The minimum atomic E-state index is -3.98. The van der Waals surface area contributed by atoms with Crippen LogP contribution >= 0.6 is 0 Å². The highest BCUT2D eigenvalue weighted by atomic mass is 32.2. The van der Waals surface area contributed by atoms with E-state index in [1.54, 1.807) is 12.1 Å². The molecule has 7 heteroatoms. The molecule has 2 aliphatic heterocycles. The van der Waals surface area contributed by atoms with Crippen LogP contribution in [0.5, 0.6) is 0 Å². The van der Waals surface area contributed by atoms with Crippen LogP contribution in [0.2, 0.25) is 0 Å². The van der Waals surface area contributed by atoms with Gasteiger partial charge in [-0.3, -0.25) is 0 Å². The number of fused-ring (bicyclic) bond motifs is 3. The number of nitrogens with one attached hydrogen (secondary N) is 1. The molecule has 0 amide bonds. The molecule has 2 aromatic rings. The molecule has 1 fully saturated rings. The Kier molecular flexibility index (Phi) is 4.23. The molecule has 0 aromatic heterocycles. The van der Waals surface area contributed by atoms with Gasteiger partial charge in [0.2, 0.25) is 9.84 Å². The molecule has 1 N–H and O–H groups in total. The second kappa shape index (κ2) is 6.32. The van der Waals surface area contributed by atoms with Crippen LogP contribution in [0.25, 0.3) is 0 Å². The summed E-state index contributed by atoms with van der Waals surface area (Å²) in [6, 6.07) is 7.73. The van der Waals surface area contributed by atoms with Gasteiger partial charge in [0.15, 0.2) is 0 Å². The molecule has 1 unspecified atom stereocenters. The Morgan fingerprint density at radius 3 is 2.42 bits per heavy atom. The van der Waals surface area contributed by atoms with Gasteiger partial charge < -0.3 is 10.2 Å². The molecule has 2 aliphatic rings. The first-order valence-corrected chi connectivity index (χ1v) is 10.1. The van der Waals surface area contributed by atoms with E-state index in [0.717, 1.165) is 49.3 Å². The van der Waals surface area contributed by atoms with E-state index >= 15 is 0 Å². The highest BCUT2D eigenvalue weighted by Gasteiger charge is 2.37. The maximum atomic E-state index is 13.5. The fraction of sp³-hybridized carbons (Fsp3) is 0.368. The summed E-state index contributed by atoms with van der Waals surface area (Å²) in [7, 11) is -1.95. The molecule has 2 aromatic carbocycles. The van der Waals surface area contributed by atoms with E-state index in [0.29, 0.717) is 12.1 Å². The average Bonchev–Trinajstić information content (AvgIpc) is 2.77. The number of anilines is 1. The summed E-state index contributed by atoms with van der Waals surface area (Å²) in [6.45, 7) is 1.83. The van der Waals surface area contributed by atoms with Gasteiger partial charge in [-0.2, -0.15) is 0 Å². The van der Waals surface area contributed by atoms with Gasteiger partial charge in [0.05, 0.1) is 9.79 Å². The fourth-order valence-corrected chi connectivity index (χ4v) is 5.51. The van der Waals surface area contributed by atoms with Crippen molar-refractivity contribution < 1.29 is 17.2 Å². The predicted octanol–water partition coefficient (Wildman–Crippen LogP) is 3.08. The van der Waals surface area contributed by atoms with Crippen LogP contribution in [-0.4, -0.2) is 34.6 Å². The summed E-state index contributed by atoms with van der Waals surface area (Å²) in [6.07, 6.45) is 1.92. The molecule has 1 saturated heterocycles. The molecular formula is C19H20F2N2O2S. The maximum absolute atomic E-state index is 13.5. The molecule has 0 saturated carbocycles. The Labute approximate surface area is 151 Å². The first-order valence-electron chi connectivity index (χ1n) is 8.66. The van der Waals surface area contributed by atoms with Crippen LogP contribution in [0.4, 0.5) is 14.5 Å². The van der Waals surface area contributed by atoms with Crippen molar-refractivity contribution in [2.75, 3.05) is 25.0 Å². The van der Waals surface area contributed by atoms with Crippen molar-refractivity contribution in [2.45, 2.75) is 34.6 Å². The van der Waals surface area contributed by atoms with E-state index < -0.39 is 21.5 Å². The van der Waals surface area contributed by atoms with Crippen molar-refractivity contribution in [1.29, 1.82) is 0 Å². The fourth-order valence-electron chi connectivity index (χ4n) is 4.17. The zero-order valence-corrected chi connectivity index (χ0v) is 15.2. The largest absolute Gasteiger partial charge is 0.371 e. The third-order valence-corrected chi connectivity index (χ3v) is 7.18. The van der Waals surface area contributed by atoms with Gasteiger partial charge in [-0.05, 0) is 61.8 Å². The summed E-state index contributed by atoms with van der Waals surface area (Å²) in [4.78, 5) is 1.93. The smallest absolute Gasteiger partial charge is 0.206 e. The SMILES string of the molecule is CN1c2ccc(S(=O)(=O)c3cc(F)cc(F)c3)cc2[C@H]2CCNCCC21. The molecule has 0 radical (unpaired) electrons. The van der Waals surface area contributed by atoms with Gasteiger partial charge in [0.25, 0.3) is 0 Å². The zero-order valence-electron chi connectivity index (χ0n) is 14.4. The standard InChI is InChI=1S/C19H20F2N2O2S/c1-23-18-3-2-14(11-17(18)16-4-6-22-7-5-19(16)23)26(24,25)15-9-12(20)8-13(21)10-15/h2-3,8-11,16,19,22H,4-7H2,1H3/t16-,19?/m1/s1. The van der Waals surface area contributed by atoms with Gasteiger partial charge in [-0.15, -0.1) is 0 Å². The lowest BCUT2D eigenvalue weighted by Crippen LogP contribution is -2.30. The van der Waals surface area contributed by atoms with Gasteiger partial charge in [0.1, 0.15) is 11.6 Å². The maximum Gasteiger partial charge on any atom is 0.206 e. The molecule has 2 atom stereocenters. The zero-order chi connectivity index (χ0) is 18.5. The van der Waals surface area contributed by atoms with Gasteiger partial charge in [0, 0.05) is 30.8 Å². The number of hydrogen-bond donors (Lipinski definition) is 1. The first-order chi connectivity index (χ1) is 12.4. The molecule has 4 nitrogen and oxygen atoms in total. The number of halogens is 2. The average molecular weight is 378 g/mol. The number of nitrogens with zero attached hydrogens (tertiary/aromatic N) is 1. The summed E-state index contributed by atoms with van der Waals surface area (Å²) in [5, 5.41) is 3.38. The summed E-state index contributed by atoms with van der Waals surface area (Å²) < 4.78 is 52.8. The minimum Gasteiger partial charge on any atom is -0.371 e. The van der Waals surface area contributed by atoms with Crippen LogP contribution < -0.4 is 10.2 Å². The molecule has 0 spiro atoms.